The third-order valence-electron chi connectivity index (χ3n) is 4.63. The molecule has 0 fully saturated rings. The number of hydrogen-bond donors (Lipinski definition) is 0. The van der Waals surface area contributed by atoms with E-state index in [2.05, 4.69) is 0 Å². The molecule has 0 radical (unpaired) electrons. The van der Waals surface area contributed by atoms with Crippen LogP contribution in [-0.2, 0) is 57.0 Å². The van der Waals surface area contributed by atoms with Gasteiger partial charge in [0.25, 0.3) is 12.6 Å². The van der Waals surface area contributed by atoms with E-state index in [0.29, 0.717) is 39.3 Å². The number of carbonyl (C=O) groups excluding carboxylic acids is 2. The molecule has 0 rings (SSSR count). The molecule has 0 N–H and O–H groups in total. The highest BCUT2D eigenvalue weighted by molar-refractivity contribution is 5.71. The molecule has 0 heterocycles. The topological polar surface area (TPSA) is 126 Å². The Kier molecular flexibility index (Phi) is 18.9. The highest BCUT2D eigenvalue weighted by Crippen LogP contribution is 2.26. The molecular weight excluding hydrogens is 480 g/mol. The molecule has 0 amide bonds. The lowest BCUT2D eigenvalue weighted by molar-refractivity contribution is -0.433. The Morgan fingerprint density at radius 1 is 0.556 bits per heavy atom. The molecule has 36 heavy (non-hydrogen) atoms. The van der Waals surface area contributed by atoms with E-state index in [4.69, 9.17) is 47.4 Å². The van der Waals surface area contributed by atoms with Crippen LogP contribution in [0.4, 0.5) is 0 Å². The van der Waals surface area contributed by atoms with Gasteiger partial charge < -0.3 is 47.4 Å². The molecule has 12 nitrogen and oxygen atoms in total. The first-order chi connectivity index (χ1) is 17.3. The summed E-state index contributed by atoms with van der Waals surface area (Å²) < 4.78 is 55.0. The molecule has 0 saturated carbocycles. The minimum absolute atomic E-state index is 0.00215. The Bertz CT molecular complexity index is 527. The largest absolute Gasteiger partial charge is 0.404 e. The van der Waals surface area contributed by atoms with Crippen molar-refractivity contribution in [1.82, 2.24) is 0 Å². The van der Waals surface area contributed by atoms with Gasteiger partial charge in [-0.2, -0.15) is 0 Å². The molecular formula is C24H46O12. The zero-order valence-corrected chi connectivity index (χ0v) is 23.1. The van der Waals surface area contributed by atoms with E-state index < -0.39 is 36.5 Å². The van der Waals surface area contributed by atoms with Gasteiger partial charge in [-0.3, -0.25) is 9.59 Å². The summed E-state index contributed by atoms with van der Waals surface area (Å²) in [5.74, 6) is -4.90. The van der Waals surface area contributed by atoms with Crippen molar-refractivity contribution in [3.8, 4) is 0 Å². The number of carbonyl (C=O) groups is 2. The fraction of sp³-hybridized carbons (Fsp3) is 0.917. The van der Waals surface area contributed by atoms with Crippen molar-refractivity contribution in [2.75, 3.05) is 53.9 Å². The zero-order valence-electron chi connectivity index (χ0n) is 23.1. The molecule has 214 valence electrons. The molecule has 2 unspecified atom stereocenters. The molecule has 0 aliphatic carbocycles. The fourth-order valence-corrected chi connectivity index (χ4v) is 3.16. The predicted octanol–water partition coefficient (Wildman–Crippen LogP) is 3.10. The molecule has 0 saturated heterocycles. The van der Waals surface area contributed by atoms with Gasteiger partial charge >= 0.3 is 23.9 Å². The summed E-state index contributed by atoms with van der Waals surface area (Å²) >= 11 is 0. The van der Waals surface area contributed by atoms with Crippen LogP contribution in [0.2, 0.25) is 0 Å². The highest BCUT2D eigenvalue weighted by Gasteiger charge is 2.48. The van der Waals surface area contributed by atoms with Crippen LogP contribution in [-0.4, -0.2) is 90.3 Å². The third kappa shape index (κ3) is 11.3. The fourth-order valence-electron chi connectivity index (χ4n) is 3.16. The van der Waals surface area contributed by atoms with Crippen molar-refractivity contribution < 1.29 is 57.0 Å². The van der Waals surface area contributed by atoms with Crippen LogP contribution in [0.1, 0.15) is 67.2 Å². The molecule has 0 aromatic heterocycles. The minimum Gasteiger partial charge on any atom is -0.404 e. The zero-order chi connectivity index (χ0) is 27.5. The second kappa shape index (κ2) is 19.7. The number of rotatable bonds is 23. The highest BCUT2D eigenvalue weighted by atomic mass is 16.9. The Labute approximate surface area is 215 Å². The lowest BCUT2D eigenvalue weighted by Crippen LogP contribution is -2.53. The number of ether oxygens (including phenoxy) is 10. The van der Waals surface area contributed by atoms with Crippen LogP contribution in [0.3, 0.4) is 0 Å². The van der Waals surface area contributed by atoms with Crippen LogP contribution >= 0.6 is 0 Å². The predicted molar refractivity (Wildman–Crippen MR) is 127 cm³/mol. The summed E-state index contributed by atoms with van der Waals surface area (Å²) in [5.41, 5.74) is 0. The van der Waals surface area contributed by atoms with E-state index in [1.807, 2.05) is 0 Å². The minimum atomic E-state index is -1.85. The maximum Gasteiger partial charge on any atom is 0.383 e. The first kappa shape index (κ1) is 34.6. The lowest BCUT2D eigenvalue weighted by Gasteiger charge is -2.36. The van der Waals surface area contributed by atoms with Crippen molar-refractivity contribution in [2.24, 2.45) is 0 Å². The van der Waals surface area contributed by atoms with Gasteiger partial charge in [0, 0.05) is 53.5 Å². The Balaban J connectivity index is 5.03. The Morgan fingerprint density at radius 2 is 0.861 bits per heavy atom. The van der Waals surface area contributed by atoms with Gasteiger partial charge in [0.15, 0.2) is 0 Å². The SMILES string of the molecule is CCOC(OCC)C(OC)(OCC)OC(=O)CCCCC(=O)OC(OC)(OCC)C(OCC)OCC. The second-order valence-electron chi connectivity index (χ2n) is 7.12. The third-order valence-corrected chi connectivity index (χ3v) is 4.63. The summed E-state index contributed by atoms with van der Waals surface area (Å²) in [6, 6.07) is 0. The van der Waals surface area contributed by atoms with Gasteiger partial charge in [-0.25, -0.2) is 0 Å². The molecule has 0 bridgehead atoms. The molecule has 2 atom stereocenters. The molecule has 0 aliphatic heterocycles. The molecule has 0 aliphatic rings. The summed E-state index contributed by atoms with van der Waals surface area (Å²) in [5, 5.41) is 0. The Morgan fingerprint density at radius 3 is 1.08 bits per heavy atom. The van der Waals surface area contributed by atoms with Gasteiger partial charge in [-0.1, -0.05) is 0 Å². The smallest absolute Gasteiger partial charge is 0.383 e. The van der Waals surface area contributed by atoms with E-state index in [-0.39, 0.29) is 26.1 Å². The number of esters is 2. The maximum absolute atomic E-state index is 12.6. The van der Waals surface area contributed by atoms with Crippen molar-refractivity contribution in [3.63, 3.8) is 0 Å². The molecule has 0 spiro atoms. The van der Waals surface area contributed by atoms with Crippen LogP contribution in [0, 0.1) is 0 Å². The summed E-state index contributed by atoms with van der Waals surface area (Å²) in [6.07, 6.45) is -1.47. The maximum atomic E-state index is 12.6. The second-order valence-corrected chi connectivity index (χ2v) is 7.12. The summed E-state index contributed by atoms with van der Waals surface area (Å²) in [4.78, 5) is 25.1. The van der Waals surface area contributed by atoms with Crippen molar-refractivity contribution in [3.05, 3.63) is 0 Å². The van der Waals surface area contributed by atoms with E-state index in [1.165, 1.54) is 14.2 Å². The van der Waals surface area contributed by atoms with Gasteiger partial charge in [0.1, 0.15) is 0 Å². The quantitative estimate of drug-likeness (QED) is 0.110. The van der Waals surface area contributed by atoms with Crippen LogP contribution in [0.15, 0.2) is 0 Å². The van der Waals surface area contributed by atoms with Gasteiger partial charge in [0.05, 0.1) is 13.2 Å². The van der Waals surface area contributed by atoms with E-state index in [0.717, 1.165) is 0 Å². The summed E-state index contributed by atoms with van der Waals surface area (Å²) in [7, 11) is 2.67. The lowest BCUT2D eigenvalue weighted by atomic mass is 10.2. The first-order valence-electron chi connectivity index (χ1n) is 12.6. The van der Waals surface area contributed by atoms with Crippen molar-refractivity contribution in [1.29, 1.82) is 0 Å². The molecule has 0 aromatic rings. The monoisotopic (exact) mass is 526 g/mol. The van der Waals surface area contributed by atoms with Gasteiger partial charge in [-0.05, 0) is 54.4 Å². The van der Waals surface area contributed by atoms with Crippen molar-refractivity contribution in [2.45, 2.75) is 91.8 Å². The van der Waals surface area contributed by atoms with Crippen LogP contribution in [0.25, 0.3) is 0 Å². The molecule has 0 aromatic carbocycles. The first-order valence-corrected chi connectivity index (χ1v) is 12.6. The summed E-state index contributed by atoms with van der Waals surface area (Å²) in [6.45, 7) is 12.1. The van der Waals surface area contributed by atoms with E-state index >= 15 is 0 Å². The van der Waals surface area contributed by atoms with Gasteiger partial charge in [0.2, 0.25) is 0 Å². The average Bonchev–Trinajstić information content (AvgIpc) is 2.85. The van der Waals surface area contributed by atoms with Crippen LogP contribution in [0.5, 0.6) is 0 Å². The average molecular weight is 527 g/mol. The number of unbranched alkanes of at least 4 members (excludes halogenated alkanes) is 1. The molecule has 12 heteroatoms. The number of hydrogen-bond acceptors (Lipinski definition) is 12. The normalized spacial score (nSPS) is 15.1. The van der Waals surface area contributed by atoms with Gasteiger partial charge in [-0.15, -0.1) is 0 Å². The van der Waals surface area contributed by atoms with Crippen molar-refractivity contribution >= 4 is 11.9 Å². The standard InChI is InChI=1S/C24H46O12/c1-9-29-21(30-10-2)23(27-7,33-13-5)35-19(25)17-15-16-18-20(26)36-24(28-8,34-14-6)22(31-11-3)32-12-4/h21-22H,9-18H2,1-8H3. The van der Waals surface area contributed by atoms with E-state index in [9.17, 15) is 9.59 Å². The number of methoxy groups -OCH3 is 2. The van der Waals surface area contributed by atoms with E-state index in [1.54, 1.807) is 41.5 Å². The Hall–Kier alpha value is -1.38. The van der Waals surface area contributed by atoms with Crippen LogP contribution < -0.4 is 0 Å².